The highest BCUT2D eigenvalue weighted by molar-refractivity contribution is 7.89. The lowest BCUT2D eigenvalue weighted by atomic mass is 10.1. The molecule has 0 fully saturated rings. The van der Waals surface area contributed by atoms with Gasteiger partial charge in [0.2, 0.25) is 15.9 Å². The van der Waals surface area contributed by atoms with Crippen molar-refractivity contribution >= 4 is 27.5 Å². The molecule has 0 saturated carbocycles. The Morgan fingerprint density at radius 1 is 1.08 bits per heavy atom. The number of benzene rings is 2. The molecule has 0 spiro atoms. The normalized spacial score (nSPS) is 13.9. The summed E-state index contributed by atoms with van der Waals surface area (Å²) < 4.78 is 40.3. The number of halogens is 2. The lowest BCUT2D eigenvalue weighted by Gasteiger charge is -2.19. The van der Waals surface area contributed by atoms with Gasteiger partial charge in [-0.2, -0.15) is 4.72 Å². The molecular formula is C17H18ClFN2O3S. The van der Waals surface area contributed by atoms with Gasteiger partial charge in [-0.15, -0.1) is 0 Å². The summed E-state index contributed by atoms with van der Waals surface area (Å²) >= 11 is 5.82. The highest BCUT2D eigenvalue weighted by Crippen LogP contribution is 2.17. The Kier molecular flexibility index (Phi) is 6.16. The number of rotatable bonds is 6. The maximum absolute atomic E-state index is 13.7. The van der Waals surface area contributed by atoms with Gasteiger partial charge in [-0.1, -0.05) is 35.9 Å². The molecule has 0 heterocycles. The van der Waals surface area contributed by atoms with E-state index in [0.29, 0.717) is 5.02 Å². The molecule has 5 nitrogen and oxygen atoms in total. The van der Waals surface area contributed by atoms with Gasteiger partial charge in [0.1, 0.15) is 10.7 Å². The number of hydrogen-bond donors (Lipinski definition) is 2. The third-order valence-electron chi connectivity index (χ3n) is 3.58. The van der Waals surface area contributed by atoms with Crippen LogP contribution in [0.5, 0.6) is 0 Å². The van der Waals surface area contributed by atoms with Gasteiger partial charge in [0.05, 0.1) is 12.1 Å². The Bertz CT molecular complexity index is 856. The molecule has 2 N–H and O–H groups in total. The van der Waals surface area contributed by atoms with Gasteiger partial charge in [-0.05, 0) is 43.7 Å². The second-order valence-corrected chi connectivity index (χ2v) is 7.67. The van der Waals surface area contributed by atoms with Crippen LogP contribution in [-0.4, -0.2) is 20.4 Å². The summed E-state index contributed by atoms with van der Waals surface area (Å²) in [5.41, 5.74) is 0.821. The molecule has 2 atom stereocenters. The lowest BCUT2D eigenvalue weighted by Crippen LogP contribution is -2.45. The molecule has 8 heteroatoms. The molecule has 0 radical (unpaired) electrons. The van der Waals surface area contributed by atoms with Crippen LogP contribution >= 0.6 is 11.6 Å². The highest BCUT2D eigenvalue weighted by atomic mass is 35.5. The molecule has 25 heavy (non-hydrogen) atoms. The topological polar surface area (TPSA) is 75.3 Å². The van der Waals surface area contributed by atoms with Crippen LogP contribution in [0.1, 0.15) is 25.5 Å². The standard InChI is InChI=1S/C17H18ClFN2O3S/c1-11(13-7-9-14(18)10-8-13)20-17(22)12(2)21-25(23,24)16-6-4-3-5-15(16)19/h3-12,21H,1-2H3,(H,20,22)/t11?,12-/m0/s1. The van der Waals surface area contributed by atoms with Gasteiger partial charge in [0, 0.05) is 5.02 Å². The number of carbonyl (C=O) groups is 1. The van der Waals surface area contributed by atoms with E-state index in [1.807, 2.05) is 0 Å². The number of carbonyl (C=O) groups excluding carboxylic acids is 1. The van der Waals surface area contributed by atoms with Crippen molar-refractivity contribution in [2.24, 2.45) is 0 Å². The van der Waals surface area contributed by atoms with Gasteiger partial charge in [-0.3, -0.25) is 4.79 Å². The van der Waals surface area contributed by atoms with E-state index in [1.165, 1.54) is 19.1 Å². The van der Waals surface area contributed by atoms with Crippen LogP contribution in [0.4, 0.5) is 4.39 Å². The summed E-state index contributed by atoms with van der Waals surface area (Å²) in [5.74, 6) is -1.40. The smallest absolute Gasteiger partial charge is 0.244 e. The molecule has 1 unspecified atom stereocenters. The molecule has 1 amide bonds. The third kappa shape index (κ3) is 5.01. The van der Waals surface area contributed by atoms with Crippen LogP contribution < -0.4 is 10.0 Å². The largest absolute Gasteiger partial charge is 0.348 e. The Hall–Kier alpha value is -1.96. The van der Waals surface area contributed by atoms with E-state index in [4.69, 9.17) is 11.6 Å². The first-order valence-electron chi connectivity index (χ1n) is 7.53. The minimum absolute atomic E-state index is 0.342. The van der Waals surface area contributed by atoms with Gasteiger partial charge in [0.25, 0.3) is 0 Å². The summed E-state index contributed by atoms with van der Waals surface area (Å²) in [7, 11) is -4.14. The SMILES string of the molecule is CC(NC(=O)[C@H](C)NS(=O)(=O)c1ccccc1F)c1ccc(Cl)cc1. The van der Waals surface area contributed by atoms with E-state index >= 15 is 0 Å². The number of nitrogens with one attached hydrogen (secondary N) is 2. The predicted molar refractivity (Wildman–Crippen MR) is 94.2 cm³/mol. The predicted octanol–water partition coefficient (Wildman–Crippen LogP) is 3.02. The molecule has 0 aromatic heterocycles. The summed E-state index contributed by atoms with van der Waals surface area (Å²) in [6.07, 6.45) is 0. The van der Waals surface area contributed by atoms with Crippen molar-refractivity contribution < 1.29 is 17.6 Å². The van der Waals surface area contributed by atoms with E-state index in [0.717, 1.165) is 17.7 Å². The molecule has 2 aromatic carbocycles. The first kappa shape index (κ1) is 19.4. The Balaban J connectivity index is 2.05. The zero-order chi connectivity index (χ0) is 18.6. The molecule has 0 aliphatic heterocycles. The molecule has 0 saturated heterocycles. The highest BCUT2D eigenvalue weighted by Gasteiger charge is 2.25. The first-order chi connectivity index (χ1) is 11.7. The molecule has 2 rings (SSSR count). The second-order valence-electron chi connectivity index (χ2n) is 5.56. The molecule has 134 valence electrons. The van der Waals surface area contributed by atoms with Gasteiger partial charge < -0.3 is 5.32 Å². The van der Waals surface area contributed by atoms with E-state index in [2.05, 4.69) is 10.0 Å². The summed E-state index contributed by atoms with van der Waals surface area (Å²) in [5, 5.41) is 3.28. The van der Waals surface area contributed by atoms with Crippen molar-refractivity contribution in [3.05, 3.63) is 64.9 Å². The van der Waals surface area contributed by atoms with Crippen LogP contribution in [0.2, 0.25) is 5.02 Å². The Morgan fingerprint density at radius 2 is 1.68 bits per heavy atom. The van der Waals surface area contributed by atoms with Crippen LogP contribution in [0.25, 0.3) is 0 Å². The second kappa shape index (κ2) is 7.95. The molecule has 0 bridgehead atoms. The van der Waals surface area contributed by atoms with Crippen LogP contribution in [0, 0.1) is 5.82 Å². The van der Waals surface area contributed by atoms with Crippen molar-refractivity contribution in [2.75, 3.05) is 0 Å². The fourth-order valence-corrected chi connectivity index (χ4v) is 3.59. The zero-order valence-electron chi connectivity index (χ0n) is 13.7. The van der Waals surface area contributed by atoms with Crippen molar-refractivity contribution in [1.29, 1.82) is 0 Å². The van der Waals surface area contributed by atoms with Crippen LogP contribution in [-0.2, 0) is 14.8 Å². The van der Waals surface area contributed by atoms with Gasteiger partial charge in [-0.25, -0.2) is 12.8 Å². The molecular weight excluding hydrogens is 367 g/mol. The first-order valence-corrected chi connectivity index (χ1v) is 9.39. The van der Waals surface area contributed by atoms with Crippen molar-refractivity contribution in [1.82, 2.24) is 10.0 Å². The maximum atomic E-state index is 13.7. The number of amides is 1. The quantitative estimate of drug-likeness (QED) is 0.803. The van der Waals surface area contributed by atoms with E-state index in [-0.39, 0.29) is 6.04 Å². The summed E-state index contributed by atoms with van der Waals surface area (Å²) in [6.45, 7) is 3.15. The van der Waals surface area contributed by atoms with Gasteiger partial charge in [0.15, 0.2) is 0 Å². The van der Waals surface area contributed by atoms with E-state index in [1.54, 1.807) is 31.2 Å². The van der Waals surface area contributed by atoms with Crippen molar-refractivity contribution in [3.63, 3.8) is 0 Å². The fourth-order valence-electron chi connectivity index (χ4n) is 2.19. The van der Waals surface area contributed by atoms with Gasteiger partial charge >= 0.3 is 0 Å². The van der Waals surface area contributed by atoms with Crippen LogP contribution in [0.15, 0.2) is 53.4 Å². The minimum atomic E-state index is -4.14. The molecule has 0 aliphatic carbocycles. The minimum Gasteiger partial charge on any atom is -0.348 e. The molecule has 2 aromatic rings. The van der Waals surface area contributed by atoms with Crippen LogP contribution in [0.3, 0.4) is 0 Å². The average Bonchev–Trinajstić information content (AvgIpc) is 2.55. The Morgan fingerprint density at radius 3 is 2.28 bits per heavy atom. The average molecular weight is 385 g/mol. The zero-order valence-corrected chi connectivity index (χ0v) is 15.2. The summed E-state index contributed by atoms with van der Waals surface area (Å²) in [4.78, 5) is 11.7. The van der Waals surface area contributed by atoms with E-state index in [9.17, 15) is 17.6 Å². The van der Waals surface area contributed by atoms with E-state index < -0.39 is 32.7 Å². The monoisotopic (exact) mass is 384 g/mol. The number of hydrogen-bond acceptors (Lipinski definition) is 3. The number of sulfonamides is 1. The molecule has 0 aliphatic rings. The maximum Gasteiger partial charge on any atom is 0.244 e. The summed E-state index contributed by atoms with van der Waals surface area (Å²) in [6, 6.07) is 10.5. The Labute approximate surface area is 151 Å². The fraction of sp³-hybridized carbons (Fsp3) is 0.235. The van der Waals surface area contributed by atoms with Crippen molar-refractivity contribution in [2.45, 2.75) is 30.8 Å². The van der Waals surface area contributed by atoms with Crippen molar-refractivity contribution in [3.8, 4) is 0 Å². The lowest BCUT2D eigenvalue weighted by molar-refractivity contribution is -0.123. The third-order valence-corrected chi connectivity index (χ3v) is 5.41.